The first-order valence-corrected chi connectivity index (χ1v) is 9.27. The van der Waals surface area contributed by atoms with Crippen LogP contribution >= 0.6 is 0 Å². The van der Waals surface area contributed by atoms with Gasteiger partial charge in [-0.2, -0.15) is 0 Å². The van der Waals surface area contributed by atoms with Crippen LogP contribution in [0.2, 0.25) is 0 Å². The minimum atomic E-state index is -0.465. The molecule has 27 heavy (non-hydrogen) atoms. The van der Waals surface area contributed by atoms with Gasteiger partial charge >= 0.3 is 6.09 Å². The molecule has 0 saturated carbocycles. The predicted molar refractivity (Wildman–Crippen MR) is 109 cm³/mol. The quantitative estimate of drug-likeness (QED) is 0.732. The molecule has 142 valence electrons. The zero-order valence-corrected chi connectivity index (χ0v) is 16.5. The van der Waals surface area contributed by atoms with Gasteiger partial charge in [-0.15, -0.1) is 0 Å². The van der Waals surface area contributed by atoms with Crippen molar-refractivity contribution in [3.05, 3.63) is 60.2 Å². The Morgan fingerprint density at radius 2 is 1.70 bits per heavy atom. The van der Waals surface area contributed by atoms with E-state index >= 15 is 0 Å². The third-order valence-corrected chi connectivity index (χ3v) is 4.52. The van der Waals surface area contributed by atoms with Gasteiger partial charge in [-0.3, -0.25) is 0 Å². The summed E-state index contributed by atoms with van der Waals surface area (Å²) in [5.41, 5.74) is 4.33. The van der Waals surface area contributed by atoms with Crippen LogP contribution < -0.4 is 4.74 Å². The Bertz CT molecular complexity index is 831. The summed E-state index contributed by atoms with van der Waals surface area (Å²) < 4.78 is 10.7. The van der Waals surface area contributed by atoms with Crippen molar-refractivity contribution in [1.82, 2.24) is 4.90 Å². The van der Waals surface area contributed by atoms with Gasteiger partial charge in [-0.25, -0.2) is 4.79 Å². The van der Waals surface area contributed by atoms with Crippen molar-refractivity contribution in [2.75, 3.05) is 20.2 Å². The second kappa shape index (κ2) is 7.87. The van der Waals surface area contributed by atoms with Gasteiger partial charge < -0.3 is 14.4 Å². The molecular formula is C23H27NO3. The van der Waals surface area contributed by atoms with Crippen LogP contribution in [0.5, 0.6) is 5.75 Å². The van der Waals surface area contributed by atoms with Crippen molar-refractivity contribution in [1.29, 1.82) is 0 Å². The molecule has 1 amide bonds. The molecule has 2 aromatic carbocycles. The number of hydrogen-bond donors (Lipinski definition) is 0. The van der Waals surface area contributed by atoms with E-state index in [0.717, 1.165) is 17.7 Å². The van der Waals surface area contributed by atoms with E-state index in [1.165, 1.54) is 16.7 Å². The summed E-state index contributed by atoms with van der Waals surface area (Å²) in [4.78, 5) is 14.0. The Kier molecular flexibility index (Phi) is 5.54. The molecule has 0 radical (unpaired) electrons. The fourth-order valence-electron chi connectivity index (χ4n) is 3.11. The van der Waals surface area contributed by atoms with Crippen LogP contribution in [0.25, 0.3) is 16.7 Å². The lowest BCUT2D eigenvalue weighted by molar-refractivity contribution is 0.0270. The summed E-state index contributed by atoms with van der Waals surface area (Å²) in [5, 5.41) is 0. The van der Waals surface area contributed by atoms with Crippen molar-refractivity contribution < 1.29 is 14.3 Å². The number of ether oxygens (including phenoxy) is 2. The van der Waals surface area contributed by atoms with Crippen molar-refractivity contribution in [3.63, 3.8) is 0 Å². The lowest BCUT2D eigenvalue weighted by Gasteiger charge is -2.29. The lowest BCUT2D eigenvalue weighted by Crippen LogP contribution is -2.39. The molecule has 0 atom stereocenters. The van der Waals surface area contributed by atoms with Gasteiger partial charge in [0.05, 0.1) is 7.11 Å². The number of rotatable bonds is 3. The zero-order valence-electron chi connectivity index (χ0n) is 16.5. The Balaban J connectivity index is 1.73. The molecule has 0 unspecified atom stereocenters. The first kappa shape index (κ1) is 19.0. The standard InChI is InChI=1S/C23H27NO3/c1-23(2,3)27-22(25)24-14-12-18(13-15-24)20-7-5-6-19(16-20)17-8-10-21(26-4)11-9-17/h5-12,16H,13-15H2,1-4H3. The number of methoxy groups -OCH3 is 1. The first-order chi connectivity index (χ1) is 12.9. The molecule has 0 aliphatic carbocycles. The number of carbonyl (C=O) groups excluding carboxylic acids is 1. The molecule has 0 bridgehead atoms. The smallest absolute Gasteiger partial charge is 0.410 e. The van der Waals surface area contributed by atoms with Crippen molar-refractivity contribution >= 4 is 11.7 Å². The molecular weight excluding hydrogens is 338 g/mol. The molecule has 1 heterocycles. The highest BCUT2D eigenvalue weighted by Gasteiger charge is 2.23. The van der Waals surface area contributed by atoms with Gasteiger partial charge in [-0.1, -0.05) is 36.4 Å². The van der Waals surface area contributed by atoms with Crippen molar-refractivity contribution in [3.8, 4) is 16.9 Å². The SMILES string of the molecule is COc1ccc(-c2cccc(C3=CCN(C(=O)OC(C)(C)C)CC3)c2)cc1. The van der Waals surface area contributed by atoms with Crippen LogP contribution in [0.1, 0.15) is 32.8 Å². The summed E-state index contributed by atoms with van der Waals surface area (Å²) >= 11 is 0. The van der Waals surface area contributed by atoms with Crippen LogP contribution in [0.15, 0.2) is 54.6 Å². The second-order valence-electron chi connectivity index (χ2n) is 7.72. The number of hydrogen-bond acceptors (Lipinski definition) is 3. The van der Waals surface area contributed by atoms with Gasteiger partial charge in [0, 0.05) is 13.1 Å². The normalized spacial score (nSPS) is 14.5. The van der Waals surface area contributed by atoms with Gasteiger partial charge in [0.15, 0.2) is 0 Å². The predicted octanol–water partition coefficient (Wildman–Crippen LogP) is 5.39. The van der Waals surface area contributed by atoms with E-state index in [9.17, 15) is 4.79 Å². The fraction of sp³-hybridized carbons (Fsp3) is 0.348. The minimum absolute atomic E-state index is 0.246. The number of carbonyl (C=O) groups is 1. The largest absolute Gasteiger partial charge is 0.497 e. The van der Waals surface area contributed by atoms with Crippen molar-refractivity contribution in [2.45, 2.75) is 32.8 Å². The maximum absolute atomic E-state index is 12.2. The molecule has 4 heteroatoms. The van der Waals surface area contributed by atoms with E-state index in [0.29, 0.717) is 13.1 Å². The molecule has 1 aliphatic heterocycles. The number of benzene rings is 2. The molecule has 2 aromatic rings. The third-order valence-electron chi connectivity index (χ3n) is 4.52. The summed E-state index contributed by atoms with van der Waals surface area (Å²) in [5.74, 6) is 0.854. The molecule has 0 saturated heterocycles. The molecule has 4 nitrogen and oxygen atoms in total. The lowest BCUT2D eigenvalue weighted by atomic mass is 9.95. The van der Waals surface area contributed by atoms with Crippen LogP contribution in [-0.2, 0) is 4.74 Å². The van der Waals surface area contributed by atoms with E-state index in [1.807, 2.05) is 32.9 Å². The molecule has 0 spiro atoms. The highest BCUT2D eigenvalue weighted by Crippen LogP contribution is 2.28. The molecule has 0 aromatic heterocycles. The zero-order chi connectivity index (χ0) is 19.4. The topological polar surface area (TPSA) is 38.8 Å². The van der Waals surface area contributed by atoms with E-state index in [4.69, 9.17) is 9.47 Å². The fourth-order valence-corrected chi connectivity index (χ4v) is 3.11. The van der Waals surface area contributed by atoms with Crippen LogP contribution in [-0.4, -0.2) is 36.8 Å². The number of nitrogens with zero attached hydrogens (tertiary/aromatic N) is 1. The van der Waals surface area contributed by atoms with Gasteiger partial charge in [0.2, 0.25) is 0 Å². The van der Waals surface area contributed by atoms with E-state index in [2.05, 4.69) is 42.5 Å². The van der Waals surface area contributed by atoms with Crippen LogP contribution in [0, 0.1) is 0 Å². The molecule has 3 rings (SSSR count). The highest BCUT2D eigenvalue weighted by molar-refractivity contribution is 5.75. The Morgan fingerprint density at radius 1 is 1.00 bits per heavy atom. The van der Waals surface area contributed by atoms with Crippen LogP contribution in [0.3, 0.4) is 0 Å². The monoisotopic (exact) mass is 365 g/mol. The van der Waals surface area contributed by atoms with Gasteiger partial charge in [-0.05, 0) is 67.7 Å². The third kappa shape index (κ3) is 4.91. The summed E-state index contributed by atoms with van der Waals surface area (Å²) in [7, 11) is 1.67. The average molecular weight is 365 g/mol. The van der Waals surface area contributed by atoms with E-state index < -0.39 is 5.60 Å². The molecule has 0 N–H and O–H groups in total. The number of amides is 1. The van der Waals surface area contributed by atoms with E-state index in [-0.39, 0.29) is 6.09 Å². The Hall–Kier alpha value is -2.75. The summed E-state index contributed by atoms with van der Waals surface area (Å²) in [6.07, 6.45) is 2.70. The second-order valence-corrected chi connectivity index (χ2v) is 7.72. The molecule has 0 fully saturated rings. The van der Waals surface area contributed by atoms with Crippen molar-refractivity contribution in [2.24, 2.45) is 0 Å². The van der Waals surface area contributed by atoms with E-state index in [1.54, 1.807) is 12.0 Å². The maximum atomic E-state index is 12.2. The summed E-state index contributed by atoms with van der Waals surface area (Å²) in [6, 6.07) is 16.6. The average Bonchev–Trinajstić information content (AvgIpc) is 2.67. The Morgan fingerprint density at radius 3 is 2.30 bits per heavy atom. The Labute approximate surface area is 161 Å². The van der Waals surface area contributed by atoms with Gasteiger partial charge in [0.25, 0.3) is 0 Å². The minimum Gasteiger partial charge on any atom is -0.497 e. The van der Waals surface area contributed by atoms with Crippen LogP contribution in [0.4, 0.5) is 4.79 Å². The molecule has 1 aliphatic rings. The van der Waals surface area contributed by atoms with Gasteiger partial charge in [0.1, 0.15) is 11.4 Å². The maximum Gasteiger partial charge on any atom is 0.410 e. The first-order valence-electron chi connectivity index (χ1n) is 9.27. The summed E-state index contributed by atoms with van der Waals surface area (Å²) in [6.45, 7) is 6.92. The highest BCUT2D eigenvalue weighted by atomic mass is 16.6.